The van der Waals surface area contributed by atoms with Crippen LogP contribution in [0.1, 0.15) is 27.9 Å². The van der Waals surface area contributed by atoms with Crippen molar-refractivity contribution in [1.82, 2.24) is 0 Å². The lowest BCUT2D eigenvalue weighted by atomic mass is 10.0. The first-order valence-electron chi connectivity index (χ1n) is 6.98. The highest BCUT2D eigenvalue weighted by molar-refractivity contribution is 5.99. The van der Waals surface area contributed by atoms with Gasteiger partial charge in [-0.3, -0.25) is 4.79 Å². The first-order chi connectivity index (χ1) is 10.1. The van der Waals surface area contributed by atoms with Crippen LogP contribution in [-0.2, 0) is 0 Å². The third-order valence-corrected chi connectivity index (χ3v) is 3.52. The van der Waals surface area contributed by atoms with Crippen LogP contribution in [0.25, 0.3) is 0 Å². The lowest BCUT2D eigenvalue weighted by Gasteiger charge is -2.13. The fourth-order valence-corrected chi connectivity index (χ4v) is 2.19. The molecule has 3 heteroatoms. The summed E-state index contributed by atoms with van der Waals surface area (Å²) in [5.41, 5.74) is 2.74. The molecule has 0 N–H and O–H groups in total. The van der Waals surface area contributed by atoms with E-state index in [9.17, 15) is 4.79 Å². The van der Waals surface area contributed by atoms with E-state index in [0.717, 1.165) is 16.9 Å². The highest BCUT2D eigenvalue weighted by Gasteiger charge is 2.15. The zero-order valence-electron chi connectivity index (χ0n) is 12.7. The lowest BCUT2D eigenvalue weighted by molar-refractivity contribution is 0.0959. The fraction of sp³-hybridized carbons (Fsp3) is 0.278. The van der Waals surface area contributed by atoms with Gasteiger partial charge in [-0.1, -0.05) is 24.3 Å². The molecule has 0 aromatic heterocycles. The summed E-state index contributed by atoms with van der Waals surface area (Å²) in [5.74, 6) is 1.47. The van der Waals surface area contributed by atoms with Gasteiger partial charge in [0.05, 0.1) is 19.3 Å². The summed E-state index contributed by atoms with van der Waals surface area (Å²) in [6.07, 6.45) is 0.327. The Morgan fingerprint density at radius 3 is 2.43 bits per heavy atom. The summed E-state index contributed by atoms with van der Waals surface area (Å²) in [7, 11) is 1.60. The zero-order chi connectivity index (χ0) is 15.2. The molecule has 21 heavy (non-hydrogen) atoms. The van der Waals surface area contributed by atoms with Crippen molar-refractivity contribution in [2.24, 2.45) is 0 Å². The predicted molar refractivity (Wildman–Crippen MR) is 83.4 cm³/mol. The van der Waals surface area contributed by atoms with E-state index < -0.39 is 0 Å². The van der Waals surface area contributed by atoms with Crippen LogP contribution >= 0.6 is 0 Å². The van der Waals surface area contributed by atoms with Crippen molar-refractivity contribution in [3.05, 3.63) is 59.2 Å². The van der Waals surface area contributed by atoms with Crippen LogP contribution in [-0.4, -0.2) is 19.5 Å². The van der Waals surface area contributed by atoms with Crippen LogP contribution in [0.4, 0.5) is 0 Å². The molecule has 0 atom stereocenters. The minimum absolute atomic E-state index is 0.0332. The van der Waals surface area contributed by atoms with Gasteiger partial charge in [-0.2, -0.15) is 0 Å². The van der Waals surface area contributed by atoms with Gasteiger partial charge in [-0.05, 0) is 43.2 Å². The smallest absolute Gasteiger partial charge is 0.170 e. The summed E-state index contributed by atoms with van der Waals surface area (Å²) in [5, 5.41) is 0. The predicted octanol–water partition coefficient (Wildman–Crippen LogP) is 3.96. The second-order valence-corrected chi connectivity index (χ2v) is 4.92. The molecular formula is C18H20O3. The number of aryl methyl sites for hydroxylation is 1. The molecule has 2 rings (SSSR count). The van der Waals surface area contributed by atoms with Gasteiger partial charge < -0.3 is 9.47 Å². The minimum atomic E-state index is 0.0332. The summed E-state index contributed by atoms with van der Waals surface area (Å²) in [6.45, 7) is 4.33. The number of ether oxygens (including phenoxy) is 2. The Bertz CT molecular complexity index is 618. The lowest BCUT2D eigenvalue weighted by Crippen LogP contribution is -2.09. The maximum absolute atomic E-state index is 12.3. The van der Waals surface area contributed by atoms with Gasteiger partial charge in [0, 0.05) is 6.42 Å². The normalized spacial score (nSPS) is 10.2. The maximum Gasteiger partial charge on any atom is 0.170 e. The number of ketones is 1. The molecule has 0 aliphatic rings. The number of benzene rings is 2. The summed E-state index contributed by atoms with van der Waals surface area (Å²) in [6, 6.07) is 13.3. The van der Waals surface area contributed by atoms with Gasteiger partial charge in [0.1, 0.15) is 11.5 Å². The van der Waals surface area contributed by atoms with Crippen molar-refractivity contribution in [3.8, 4) is 11.5 Å². The Labute approximate surface area is 125 Å². The van der Waals surface area contributed by atoms with E-state index >= 15 is 0 Å². The number of hydrogen-bond acceptors (Lipinski definition) is 3. The highest BCUT2D eigenvalue weighted by atomic mass is 16.5. The molecule has 0 saturated carbocycles. The van der Waals surface area contributed by atoms with Crippen LogP contribution < -0.4 is 9.47 Å². The molecule has 0 heterocycles. The Morgan fingerprint density at radius 1 is 1.05 bits per heavy atom. The van der Waals surface area contributed by atoms with Crippen LogP contribution in [0.5, 0.6) is 11.5 Å². The molecule has 0 fully saturated rings. The maximum atomic E-state index is 12.3. The Kier molecular flexibility index (Phi) is 4.99. The molecule has 0 radical (unpaired) electrons. The fourth-order valence-electron chi connectivity index (χ4n) is 2.19. The third kappa shape index (κ3) is 3.63. The topological polar surface area (TPSA) is 35.5 Å². The number of hydrogen-bond donors (Lipinski definition) is 0. The van der Waals surface area contributed by atoms with Crippen LogP contribution in [0, 0.1) is 13.8 Å². The summed E-state index contributed by atoms with van der Waals surface area (Å²) in [4.78, 5) is 12.3. The molecule has 2 aromatic rings. The van der Waals surface area contributed by atoms with Crippen molar-refractivity contribution in [3.63, 3.8) is 0 Å². The van der Waals surface area contributed by atoms with Crippen LogP contribution in [0.3, 0.4) is 0 Å². The Balaban J connectivity index is 2.02. The summed E-state index contributed by atoms with van der Waals surface area (Å²) >= 11 is 0. The first-order valence-corrected chi connectivity index (χ1v) is 6.98. The minimum Gasteiger partial charge on any atom is -0.496 e. The van der Waals surface area contributed by atoms with Crippen LogP contribution in [0.15, 0.2) is 42.5 Å². The Hall–Kier alpha value is -2.29. The molecule has 2 aromatic carbocycles. The molecule has 0 spiro atoms. The second-order valence-electron chi connectivity index (χ2n) is 4.92. The molecule has 0 bridgehead atoms. The number of methoxy groups -OCH3 is 1. The molecule has 0 saturated heterocycles. The van der Waals surface area contributed by atoms with Gasteiger partial charge in [0.2, 0.25) is 0 Å². The number of carbonyl (C=O) groups excluding carboxylic acids is 1. The second kappa shape index (κ2) is 6.93. The third-order valence-electron chi connectivity index (χ3n) is 3.52. The van der Waals surface area contributed by atoms with E-state index in [4.69, 9.17) is 9.47 Å². The number of carbonyl (C=O) groups is 1. The molecule has 0 aliphatic heterocycles. The van der Waals surface area contributed by atoms with Crippen LogP contribution in [0.2, 0.25) is 0 Å². The standard InChI is InChI=1S/C18H20O3/c1-13-9-10-16(18(20-3)14(13)2)17(19)11-12-21-15-7-5-4-6-8-15/h4-10H,11-12H2,1-3H3. The van der Waals surface area contributed by atoms with Gasteiger partial charge in [-0.25, -0.2) is 0 Å². The molecule has 0 aliphatic carbocycles. The van der Waals surface area contributed by atoms with Crippen molar-refractivity contribution in [2.75, 3.05) is 13.7 Å². The SMILES string of the molecule is COc1c(C(=O)CCOc2ccccc2)ccc(C)c1C. The average Bonchev–Trinajstić information content (AvgIpc) is 2.50. The molecule has 3 nitrogen and oxygen atoms in total. The van der Waals surface area contributed by atoms with E-state index in [1.807, 2.05) is 56.3 Å². The van der Waals surface area contributed by atoms with Crippen molar-refractivity contribution in [1.29, 1.82) is 0 Å². The number of Topliss-reactive ketones (excluding diaryl/α,β-unsaturated/α-hetero) is 1. The largest absolute Gasteiger partial charge is 0.496 e. The van der Waals surface area contributed by atoms with E-state index in [1.165, 1.54) is 0 Å². The van der Waals surface area contributed by atoms with Gasteiger partial charge in [0.15, 0.2) is 5.78 Å². The monoisotopic (exact) mass is 284 g/mol. The van der Waals surface area contributed by atoms with E-state index in [1.54, 1.807) is 7.11 Å². The van der Waals surface area contributed by atoms with Gasteiger partial charge in [-0.15, -0.1) is 0 Å². The molecule has 0 unspecified atom stereocenters. The van der Waals surface area contributed by atoms with E-state index in [-0.39, 0.29) is 5.78 Å². The van der Waals surface area contributed by atoms with Gasteiger partial charge in [0.25, 0.3) is 0 Å². The quantitative estimate of drug-likeness (QED) is 0.753. The van der Waals surface area contributed by atoms with E-state index in [0.29, 0.717) is 24.3 Å². The van der Waals surface area contributed by atoms with Crippen molar-refractivity contribution < 1.29 is 14.3 Å². The van der Waals surface area contributed by atoms with Gasteiger partial charge >= 0.3 is 0 Å². The molecule has 0 amide bonds. The Morgan fingerprint density at radius 2 is 1.76 bits per heavy atom. The molecule has 110 valence electrons. The highest BCUT2D eigenvalue weighted by Crippen LogP contribution is 2.27. The average molecular weight is 284 g/mol. The van der Waals surface area contributed by atoms with Crippen molar-refractivity contribution in [2.45, 2.75) is 20.3 Å². The van der Waals surface area contributed by atoms with E-state index in [2.05, 4.69) is 0 Å². The number of para-hydroxylation sites is 1. The number of rotatable bonds is 6. The molecular weight excluding hydrogens is 264 g/mol. The first kappa shape index (κ1) is 15.1. The zero-order valence-corrected chi connectivity index (χ0v) is 12.7. The van der Waals surface area contributed by atoms with Crippen molar-refractivity contribution >= 4 is 5.78 Å². The summed E-state index contributed by atoms with van der Waals surface area (Å²) < 4.78 is 10.9.